The number of nitrogens with two attached hydrogens (primary N) is 1. The number of halogens is 1. The molecular weight excluding hydrogens is 442 g/mol. The summed E-state index contributed by atoms with van der Waals surface area (Å²) in [4.78, 5) is 15.8. The molecule has 176 valence electrons. The van der Waals surface area contributed by atoms with Crippen LogP contribution < -0.4 is 5.73 Å². The monoisotopic (exact) mass is 473 g/mol. The Morgan fingerprint density at radius 3 is 2.29 bits per heavy atom. The van der Waals surface area contributed by atoms with Gasteiger partial charge in [0.1, 0.15) is 0 Å². The van der Waals surface area contributed by atoms with Crippen molar-refractivity contribution < 1.29 is 4.79 Å². The lowest BCUT2D eigenvalue weighted by Gasteiger charge is -2.35. The van der Waals surface area contributed by atoms with Crippen molar-refractivity contribution in [3.05, 3.63) is 107 Å². The van der Waals surface area contributed by atoms with Crippen molar-refractivity contribution >= 4 is 28.4 Å². The van der Waals surface area contributed by atoms with Gasteiger partial charge in [-0.15, -0.1) is 0 Å². The van der Waals surface area contributed by atoms with Crippen LogP contribution in [0, 0.1) is 5.92 Å². The Bertz CT molecular complexity index is 1230. The first kappa shape index (κ1) is 24.1. The Morgan fingerprint density at radius 2 is 1.65 bits per heavy atom. The minimum atomic E-state index is -0.117. The molecule has 1 heterocycles. The number of fused-ring (bicyclic) bond motifs is 1. The molecule has 0 saturated heterocycles. The molecule has 4 aromatic rings. The third-order valence-electron chi connectivity index (χ3n) is 6.23. The van der Waals surface area contributed by atoms with Gasteiger partial charge in [-0.3, -0.25) is 4.79 Å². The lowest BCUT2D eigenvalue weighted by atomic mass is 9.97. The zero-order chi connectivity index (χ0) is 24.1. The van der Waals surface area contributed by atoms with E-state index in [0.29, 0.717) is 23.7 Å². The zero-order valence-corrected chi connectivity index (χ0v) is 20.6. The van der Waals surface area contributed by atoms with Crippen LogP contribution in [-0.2, 0) is 6.54 Å². The summed E-state index contributed by atoms with van der Waals surface area (Å²) >= 11 is 6.36. The maximum Gasteiger partial charge on any atom is 0.254 e. The summed E-state index contributed by atoms with van der Waals surface area (Å²) in [7, 11) is 0. The molecule has 1 unspecified atom stereocenters. The van der Waals surface area contributed by atoms with Crippen LogP contribution >= 0.6 is 11.6 Å². The zero-order valence-electron chi connectivity index (χ0n) is 19.8. The highest BCUT2D eigenvalue weighted by Gasteiger charge is 2.31. The number of rotatable bonds is 9. The second-order valence-electron chi connectivity index (χ2n) is 9.04. The van der Waals surface area contributed by atoms with Crippen LogP contribution in [0.2, 0.25) is 5.02 Å². The second-order valence-corrected chi connectivity index (χ2v) is 9.48. The number of hydrogen-bond acceptors (Lipinski definition) is 2. The molecule has 0 aliphatic rings. The first-order chi connectivity index (χ1) is 16.5. The number of carbonyl (C=O) groups excluding carboxylic acids is 1. The van der Waals surface area contributed by atoms with Gasteiger partial charge in [0, 0.05) is 40.3 Å². The van der Waals surface area contributed by atoms with Crippen LogP contribution in [-0.4, -0.2) is 28.5 Å². The van der Waals surface area contributed by atoms with Gasteiger partial charge in [0.25, 0.3) is 5.91 Å². The third-order valence-corrected chi connectivity index (χ3v) is 6.47. The molecule has 0 fully saturated rings. The van der Waals surface area contributed by atoms with Crippen molar-refractivity contribution in [3.8, 4) is 0 Å². The van der Waals surface area contributed by atoms with Gasteiger partial charge in [-0.05, 0) is 60.8 Å². The molecule has 1 aromatic heterocycles. The van der Waals surface area contributed by atoms with Gasteiger partial charge >= 0.3 is 0 Å². The fourth-order valence-electron chi connectivity index (χ4n) is 4.69. The van der Waals surface area contributed by atoms with Gasteiger partial charge in [0.15, 0.2) is 0 Å². The van der Waals surface area contributed by atoms with Gasteiger partial charge in [-0.1, -0.05) is 74.0 Å². The molecule has 1 atom stereocenters. The van der Waals surface area contributed by atoms with Crippen molar-refractivity contribution in [3.63, 3.8) is 0 Å². The third kappa shape index (κ3) is 5.19. The van der Waals surface area contributed by atoms with Crippen molar-refractivity contribution in [1.82, 2.24) is 9.47 Å². The van der Waals surface area contributed by atoms with Crippen molar-refractivity contribution in [2.24, 2.45) is 11.7 Å². The van der Waals surface area contributed by atoms with E-state index < -0.39 is 0 Å². The molecule has 0 bridgehead atoms. The van der Waals surface area contributed by atoms with Crippen LogP contribution in [0.15, 0.2) is 84.9 Å². The number of nitrogens with zero attached hydrogens (tertiary/aromatic N) is 2. The summed E-state index contributed by atoms with van der Waals surface area (Å²) in [6, 6.07) is 28.0. The van der Waals surface area contributed by atoms with Crippen LogP contribution in [0.3, 0.4) is 0 Å². The van der Waals surface area contributed by atoms with E-state index in [2.05, 4.69) is 54.8 Å². The Balaban J connectivity index is 1.86. The molecule has 0 aliphatic heterocycles. The fraction of sp³-hybridized carbons (Fsp3) is 0.276. The van der Waals surface area contributed by atoms with E-state index in [0.717, 1.165) is 29.6 Å². The van der Waals surface area contributed by atoms with Gasteiger partial charge in [-0.25, -0.2) is 0 Å². The number of aromatic nitrogens is 1. The molecule has 0 aliphatic carbocycles. The standard InChI is InChI=1S/C29H32ClN3O/c1-21(2)28(32(17-9-16-31)29(34)23-12-7-4-8-13-23)27-19-24-18-25(30)14-15-26(24)33(27)20-22-10-5-3-6-11-22/h3-8,10-15,18-19,21,28H,9,16-17,20,31H2,1-2H3. The molecule has 0 spiro atoms. The molecule has 3 aromatic carbocycles. The summed E-state index contributed by atoms with van der Waals surface area (Å²) in [6.07, 6.45) is 0.743. The van der Waals surface area contributed by atoms with Gasteiger partial charge < -0.3 is 15.2 Å². The summed E-state index contributed by atoms with van der Waals surface area (Å²) in [5.41, 5.74) is 10.0. The predicted molar refractivity (Wildman–Crippen MR) is 141 cm³/mol. The van der Waals surface area contributed by atoms with Crippen LogP contribution in [0.1, 0.15) is 47.9 Å². The van der Waals surface area contributed by atoms with Gasteiger partial charge in [0.05, 0.1) is 6.04 Å². The minimum absolute atomic E-state index is 0.0299. The van der Waals surface area contributed by atoms with Crippen molar-refractivity contribution in [2.75, 3.05) is 13.1 Å². The molecule has 4 rings (SSSR count). The average molecular weight is 474 g/mol. The second kappa shape index (κ2) is 10.9. The Labute approximate surface area is 206 Å². The average Bonchev–Trinajstić information content (AvgIpc) is 3.18. The van der Waals surface area contributed by atoms with E-state index in [1.807, 2.05) is 53.4 Å². The molecule has 1 amide bonds. The highest BCUT2D eigenvalue weighted by atomic mass is 35.5. The first-order valence-electron chi connectivity index (χ1n) is 11.9. The normalized spacial score (nSPS) is 12.3. The summed E-state index contributed by atoms with van der Waals surface area (Å²) < 4.78 is 2.33. The van der Waals surface area contributed by atoms with E-state index in [4.69, 9.17) is 17.3 Å². The fourth-order valence-corrected chi connectivity index (χ4v) is 4.87. The number of carbonyl (C=O) groups is 1. The lowest BCUT2D eigenvalue weighted by Crippen LogP contribution is -2.39. The van der Waals surface area contributed by atoms with E-state index in [1.54, 1.807) is 0 Å². The topological polar surface area (TPSA) is 51.3 Å². The Hall–Kier alpha value is -3.08. The molecule has 5 heteroatoms. The van der Waals surface area contributed by atoms with Gasteiger partial charge in [0.2, 0.25) is 0 Å². The summed E-state index contributed by atoms with van der Waals surface area (Å²) in [6.45, 7) is 6.20. The number of benzene rings is 3. The smallest absolute Gasteiger partial charge is 0.254 e. The van der Waals surface area contributed by atoms with Crippen LogP contribution in [0.25, 0.3) is 10.9 Å². The highest BCUT2D eigenvalue weighted by Crippen LogP contribution is 2.35. The number of amides is 1. The maximum absolute atomic E-state index is 13.8. The Morgan fingerprint density at radius 1 is 0.971 bits per heavy atom. The highest BCUT2D eigenvalue weighted by molar-refractivity contribution is 6.31. The SMILES string of the molecule is CC(C)C(c1cc2cc(Cl)ccc2n1Cc1ccccc1)N(CCCN)C(=O)c1ccccc1. The van der Waals surface area contributed by atoms with Crippen LogP contribution in [0.5, 0.6) is 0 Å². The molecule has 4 nitrogen and oxygen atoms in total. The van der Waals surface area contributed by atoms with Gasteiger partial charge in [-0.2, -0.15) is 0 Å². The minimum Gasteiger partial charge on any atom is -0.338 e. The predicted octanol–water partition coefficient (Wildman–Crippen LogP) is 6.53. The summed E-state index contributed by atoms with van der Waals surface area (Å²) in [5.74, 6) is 0.224. The quantitative estimate of drug-likeness (QED) is 0.300. The first-order valence-corrected chi connectivity index (χ1v) is 12.3. The Kier molecular flexibility index (Phi) is 7.71. The van der Waals surface area contributed by atoms with E-state index in [1.165, 1.54) is 5.56 Å². The van der Waals surface area contributed by atoms with E-state index >= 15 is 0 Å². The molecule has 34 heavy (non-hydrogen) atoms. The molecular formula is C29H32ClN3O. The summed E-state index contributed by atoms with van der Waals surface area (Å²) in [5, 5.41) is 1.78. The van der Waals surface area contributed by atoms with E-state index in [-0.39, 0.29) is 17.9 Å². The number of hydrogen-bond donors (Lipinski definition) is 1. The molecule has 0 radical (unpaired) electrons. The molecule has 2 N–H and O–H groups in total. The van der Waals surface area contributed by atoms with E-state index in [9.17, 15) is 4.79 Å². The lowest BCUT2D eigenvalue weighted by molar-refractivity contribution is 0.0611. The van der Waals surface area contributed by atoms with Crippen molar-refractivity contribution in [1.29, 1.82) is 0 Å². The molecule has 0 saturated carbocycles. The van der Waals surface area contributed by atoms with Crippen LogP contribution in [0.4, 0.5) is 0 Å². The largest absolute Gasteiger partial charge is 0.338 e. The van der Waals surface area contributed by atoms with Crippen molar-refractivity contribution in [2.45, 2.75) is 32.9 Å². The maximum atomic E-state index is 13.8.